The zero-order chi connectivity index (χ0) is 23.6. The van der Waals surface area contributed by atoms with Gasteiger partial charge in [0.15, 0.2) is 11.5 Å². The van der Waals surface area contributed by atoms with E-state index in [1.54, 1.807) is 31.3 Å². The van der Waals surface area contributed by atoms with Gasteiger partial charge >= 0.3 is 5.69 Å². The van der Waals surface area contributed by atoms with E-state index in [0.717, 1.165) is 4.57 Å². The number of aromatic hydroxyl groups is 2. The monoisotopic (exact) mass is 487 g/mol. The molecule has 0 unspecified atom stereocenters. The average molecular weight is 488 g/mol. The van der Waals surface area contributed by atoms with Crippen LogP contribution < -0.4 is 11.2 Å². The Balaban J connectivity index is 1.95. The third-order valence-electron chi connectivity index (χ3n) is 6.04. The Morgan fingerprint density at radius 1 is 1.00 bits per heavy atom. The molecular formula is C23H19Cl2N3O5. The molecule has 4 aromatic rings. The number of aromatic nitrogens is 3. The van der Waals surface area contributed by atoms with Crippen molar-refractivity contribution in [2.24, 2.45) is 14.1 Å². The van der Waals surface area contributed by atoms with Gasteiger partial charge in [-0.1, -0.05) is 29.3 Å². The minimum atomic E-state index is -0.703. The van der Waals surface area contributed by atoms with Crippen molar-refractivity contribution in [3.05, 3.63) is 78.5 Å². The number of phenols is 2. The summed E-state index contributed by atoms with van der Waals surface area (Å²) in [5.41, 5.74) is 1.79. The highest BCUT2D eigenvalue weighted by Gasteiger charge is 2.33. The molecule has 5 rings (SSSR count). The highest BCUT2D eigenvalue weighted by atomic mass is 35.5. The summed E-state index contributed by atoms with van der Waals surface area (Å²) in [5.74, 6) is -0.556. The number of halogens is 2. The van der Waals surface area contributed by atoms with Crippen LogP contribution in [-0.2, 0) is 25.4 Å². The number of benzene rings is 2. The van der Waals surface area contributed by atoms with Gasteiger partial charge in [-0.25, -0.2) is 4.79 Å². The molecule has 0 saturated carbocycles. The predicted molar refractivity (Wildman–Crippen MR) is 125 cm³/mol. The van der Waals surface area contributed by atoms with Crippen LogP contribution in [0.25, 0.3) is 22.2 Å². The van der Waals surface area contributed by atoms with Gasteiger partial charge in [0, 0.05) is 31.2 Å². The second-order valence-electron chi connectivity index (χ2n) is 7.94. The maximum Gasteiger partial charge on any atom is 0.331 e. The van der Waals surface area contributed by atoms with E-state index >= 15 is 0 Å². The first-order valence-electron chi connectivity index (χ1n) is 10.1. The number of aryl methyl sites for hydroxylation is 1. The van der Waals surface area contributed by atoms with E-state index in [4.69, 9.17) is 27.9 Å². The summed E-state index contributed by atoms with van der Waals surface area (Å²) in [4.78, 5) is 26.2. The largest absolute Gasteiger partial charge is 0.504 e. The Morgan fingerprint density at radius 2 is 1.76 bits per heavy atom. The number of fused-ring (bicyclic) bond motifs is 3. The summed E-state index contributed by atoms with van der Waals surface area (Å²) in [6.07, 6.45) is -0.703. The number of hydrogen-bond donors (Lipinski definition) is 2. The van der Waals surface area contributed by atoms with Gasteiger partial charge in [0.2, 0.25) is 0 Å². The Hall–Kier alpha value is -3.20. The number of rotatable bonds is 2. The van der Waals surface area contributed by atoms with E-state index in [1.807, 2.05) is 4.57 Å². The summed E-state index contributed by atoms with van der Waals surface area (Å²) in [6.45, 7) is 0.725. The molecule has 2 N–H and O–H groups in total. The number of ether oxygens (including phenoxy) is 1. The van der Waals surface area contributed by atoms with E-state index in [2.05, 4.69) is 0 Å². The highest BCUT2D eigenvalue weighted by Crippen LogP contribution is 2.43. The van der Waals surface area contributed by atoms with Crippen LogP contribution in [0.3, 0.4) is 0 Å². The maximum absolute atomic E-state index is 13.4. The summed E-state index contributed by atoms with van der Waals surface area (Å²) < 4.78 is 10.5. The fourth-order valence-corrected chi connectivity index (χ4v) is 5.00. The van der Waals surface area contributed by atoms with Gasteiger partial charge in [0.25, 0.3) is 5.56 Å². The standard InChI is InChI=1S/C23H19Cl2N3O5/c1-26-19-17(22(31)27(2)23(26)32)18(13-5-4-12(24)10-14(13)25)28-7-8-33-21(20(19)28)11-3-6-15(29)16(30)9-11/h3-6,9-10,21,29-30H,7-8H2,1-2H3/t21-/m1/s1. The molecule has 0 spiro atoms. The van der Waals surface area contributed by atoms with Crippen molar-refractivity contribution in [2.45, 2.75) is 12.6 Å². The Kier molecular flexibility index (Phi) is 5.04. The molecule has 8 nitrogen and oxygen atoms in total. The molecule has 0 amide bonds. The molecule has 0 bridgehead atoms. The van der Waals surface area contributed by atoms with Gasteiger partial charge in [-0.3, -0.25) is 13.9 Å². The molecule has 0 fully saturated rings. The van der Waals surface area contributed by atoms with Gasteiger partial charge in [0.1, 0.15) is 6.10 Å². The van der Waals surface area contributed by atoms with Crippen molar-refractivity contribution in [1.29, 1.82) is 0 Å². The zero-order valence-corrected chi connectivity index (χ0v) is 19.2. The first kappa shape index (κ1) is 21.6. The molecule has 1 aliphatic heterocycles. The highest BCUT2D eigenvalue weighted by molar-refractivity contribution is 6.36. The Labute approximate surface area is 197 Å². The van der Waals surface area contributed by atoms with Crippen molar-refractivity contribution in [3.63, 3.8) is 0 Å². The minimum Gasteiger partial charge on any atom is -0.504 e. The zero-order valence-electron chi connectivity index (χ0n) is 17.7. The molecule has 1 aliphatic rings. The summed E-state index contributed by atoms with van der Waals surface area (Å²) >= 11 is 12.7. The molecule has 0 aliphatic carbocycles. The lowest BCUT2D eigenvalue weighted by molar-refractivity contribution is 0.0477. The molecule has 2 aromatic heterocycles. The fourth-order valence-electron chi connectivity index (χ4n) is 4.50. The summed E-state index contributed by atoms with van der Waals surface area (Å²) in [6, 6.07) is 9.44. The van der Waals surface area contributed by atoms with Crippen molar-refractivity contribution in [2.75, 3.05) is 6.61 Å². The van der Waals surface area contributed by atoms with Crippen LogP contribution in [-0.4, -0.2) is 30.5 Å². The van der Waals surface area contributed by atoms with Crippen LogP contribution in [0.2, 0.25) is 10.0 Å². The van der Waals surface area contributed by atoms with Gasteiger partial charge in [0.05, 0.1) is 33.9 Å². The number of hydrogen-bond acceptors (Lipinski definition) is 5. The lowest BCUT2D eigenvalue weighted by Gasteiger charge is -2.28. The lowest BCUT2D eigenvalue weighted by Crippen LogP contribution is -2.37. The van der Waals surface area contributed by atoms with Crippen LogP contribution in [0.15, 0.2) is 46.0 Å². The van der Waals surface area contributed by atoms with E-state index in [9.17, 15) is 19.8 Å². The smallest absolute Gasteiger partial charge is 0.331 e. The predicted octanol–water partition coefficient (Wildman–Crippen LogP) is 3.54. The van der Waals surface area contributed by atoms with Gasteiger partial charge in [-0.05, 0) is 35.9 Å². The third kappa shape index (κ3) is 3.17. The second kappa shape index (κ2) is 7.69. The lowest BCUT2D eigenvalue weighted by atomic mass is 10.0. The van der Waals surface area contributed by atoms with Crippen molar-refractivity contribution >= 4 is 34.1 Å². The fraction of sp³-hybridized carbons (Fsp3) is 0.217. The third-order valence-corrected chi connectivity index (χ3v) is 6.59. The molecule has 0 radical (unpaired) electrons. The van der Waals surface area contributed by atoms with E-state index in [-0.39, 0.29) is 11.5 Å². The van der Waals surface area contributed by atoms with E-state index in [0.29, 0.717) is 56.6 Å². The van der Waals surface area contributed by atoms with E-state index < -0.39 is 17.4 Å². The molecule has 2 aromatic carbocycles. The molecular weight excluding hydrogens is 469 g/mol. The summed E-state index contributed by atoms with van der Waals surface area (Å²) in [7, 11) is 3.03. The first-order valence-corrected chi connectivity index (χ1v) is 10.9. The maximum atomic E-state index is 13.4. The number of nitrogens with zero attached hydrogens (tertiary/aromatic N) is 3. The second-order valence-corrected chi connectivity index (χ2v) is 8.78. The van der Waals surface area contributed by atoms with Crippen LogP contribution in [0.5, 0.6) is 11.5 Å². The quantitative estimate of drug-likeness (QED) is 0.421. The van der Waals surface area contributed by atoms with Crippen LogP contribution in [0.1, 0.15) is 17.4 Å². The van der Waals surface area contributed by atoms with Crippen molar-refractivity contribution in [3.8, 4) is 22.8 Å². The molecule has 3 heterocycles. The topological polar surface area (TPSA) is 98.6 Å². The summed E-state index contributed by atoms with van der Waals surface area (Å²) in [5, 5.41) is 21.0. The van der Waals surface area contributed by atoms with Crippen molar-refractivity contribution < 1.29 is 14.9 Å². The Bertz CT molecular complexity index is 1570. The van der Waals surface area contributed by atoms with Crippen LogP contribution in [0, 0.1) is 0 Å². The van der Waals surface area contributed by atoms with E-state index in [1.165, 1.54) is 23.7 Å². The van der Waals surface area contributed by atoms with Crippen LogP contribution in [0.4, 0.5) is 0 Å². The number of phenolic OH excluding ortho intramolecular Hbond substituents is 2. The normalized spacial score (nSPS) is 15.7. The van der Waals surface area contributed by atoms with Gasteiger partial charge in [-0.2, -0.15) is 0 Å². The molecule has 1 atom stereocenters. The van der Waals surface area contributed by atoms with Gasteiger partial charge in [-0.15, -0.1) is 0 Å². The van der Waals surface area contributed by atoms with Gasteiger partial charge < -0.3 is 19.5 Å². The molecule has 10 heteroatoms. The molecule has 33 heavy (non-hydrogen) atoms. The molecule has 170 valence electrons. The SMILES string of the molecule is Cn1c(=O)c2c(-c3ccc(Cl)cc3Cl)n3c(c2n(C)c1=O)[C@@H](c1ccc(O)c(O)c1)OCC3. The van der Waals surface area contributed by atoms with Crippen molar-refractivity contribution in [1.82, 2.24) is 13.7 Å². The average Bonchev–Trinajstić information content (AvgIpc) is 3.13. The minimum absolute atomic E-state index is 0.260. The molecule has 0 saturated heterocycles. The Morgan fingerprint density at radius 3 is 2.45 bits per heavy atom. The first-order chi connectivity index (χ1) is 15.7. The van der Waals surface area contributed by atoms with Crippen LogP contribution >= 0.6 is 23.2 Å².